The number of hydroxylamine groups is 2. The van der Waals surface area contributed by atoms with Crippen molar-refractivity contribution in [1.29, 1.82) is 5.41 Å². The first-order valence-electron chi connectivity index (χ1n) is 3.42. The Morgan fingerprint density at radius 1 is 1.71 bits per heavy atom. The zero-order chi connectivity index (χ0) is 11.3. The number of carbonyl (C=O) groups is 1. The van der Waals surface area contributed by atoms with Gasteiger partial charge in [0.05, 0.1) is 13.2 Å². The lowest BCUT2D eigenvalue weighted by atomic mass is 10.3. The fourth-order valence-electron chi connectivity index (χ4n) is 0.515. The van der Waals surface area contributed by atoms with Crippen molar-refractivity contribution in [2.24, 2.45) is 5.73 Å². The molecular weight excluding hydrogens is 192 g/mol. The molecule has 0 bridgehead atoms. The van der Waals surface area contributed by atoms with Gasteiger partial charge in [0.15, 0.2) is 0 Å². The highest BCUT2D eigenvalue weighted by Gasteiger charge is 2.15. The van der Waals surface area contributed by atoms with Crippen LogP contribution in [0.4, 0.5) is 0 Å². The monoisotopic (exact) mass is 202 g/mol. The fourth-order valence-corrected chi connectivity index (χ4v) is 0.515. The van der Waals surface area contributed by atoms with Crippen molar-refractivity contribution in [3.8, 4) is 0 Å². The lowest BCUT2D eigenvalue weighted by Gasteiger charge is -2.11. The van der Waals surface area contributed by atoms with E-state index in [1.807, 2.05) is 0 Å². The number of nitrogens with one attached hydrogen (secondary N) is 1. The third-order valence-electron chi connectivity index (χ3n) is 1.29. The van der Waals surface area contributed by atoms with E-state index in [0.29, 0.717) is 6.08 Å². The van der Waals surface area contributed by atoms with Crippen molar-refractivity contribution >= 4 is 11.6 Å². The van der Waals surface area contributed by atoms with Crippen LogP contribution in [0.5, 0.6) is 0 Å². The minimum Gasteiger partial charge on any atom is -0.358 e. The zero-order valence-corrected chi connectivity index (χ0v) is 7.68. The van der Waals surface area contributed by atoms with Gasteiger partial charge in [0, 0.05) is 7.05 Å². The van der Waals surface area contributed by atoms with Gasteiger partial charge >= 0.3 is 5.82 Å². The van der Waals surface area contributed by atoms with E-state index < -0.39 is 22.4 Å². The molecule has 8 nitrogen and oxygen atoms in total. The smallest absolute Gasteiger partial charge is 0.316 e. The first kappa shape index (κ1) is 12.0. The van der Waals surface area contributed by atoms with Crippen LogP contribution in [0.1, 0.15) is 0 Å². The van der Waals surface area contributed by atoms with Crippen molar-refractivity contribution in [3.63, 3.8) is 0 Å². The SMILES string of the molecule is CON(C)C(=O)C(=N)/C=C(\N)[N+](=O)[O-]. The van der Waals surface area contributed by atoms with Gasteiger partial charge in [-0.15, -0.1) is 0 Å². The average Bonchev–Trinajstić information content (AvgIpc) is 2.14. The van der Waals surface area contributed by atoms with Gasteiger partial charge < -0.3 is 10.1 Å². The summed E-state index contributed by atoms with van der Waals surface area (Å²) in [5.74, 6) is -1.59. The molecule has 0 aromatic heterocycles. The molecule has 0 saturated carbocycles. The molecule has 0 rings (SSSR count). The molecule has 8 heteroatoms. The van der Waals surface area contributed by atoms with E-state index in [1.54, 1.807) is 0 Å². The summed E-state index contributed by atoms with van der Waals surface area (Å²) in [6.07, 6.45) is 0.651. The summed E-state index contributed by atoms with van der Waals surface area (Å²) in [4.78, 5) is 24.7. The van der Waals surface area contributed by atoms with Gasteiger partial charge in [0.2, 0.25) is 0 Å². The average molecular weight is 202 g/mol. The number of hydrogen-bond donors (Lipinski definition) is 2. The molecule has 0 heterocycles. The molecule has 0 aromatic carbocycles. The van der Waals surface area contributed by atoms with Crippen LogP contribution < -0.4 is 5.73 Å². The van der Waals surface area contributed by atoms with Crippen molar-refractivity contribution in [1.82, 2.24) is 5.06 Å². The highest BCUT2D eigenvalue weighted by atomic mass is 16.7. The maximum atomic E-state index is 11.1. The van der Waals surface area contributed by atoms with Gasteiger partial charge in [0.25, 0.3) is 5.91 Å². The number of nitrogens with two attached hydrogens (primary N) is 1. The second-order valence-electron chi connectivity index (χ2n) is 2.23. The number of hydrogen-bond acceptors (Lipinski definition) is 6. The zero-order valence-electron chi connectivity index (χ0n) is 7.68. The maximum absolute atomic E-state index is 11.1. The van der Waals surface area contributed by atoms with E-state index in [0.717, 1.165) is 5.06 Å². The Morgan fingerprint density at radius 2 is 2.21 bits per heavy atom. The highest BCUT2D eigenvalue weighted by molar-refractivity contribution is 6.41. The predicted octanol–water partition coefficient (Wildman–Crippen LogP) is -0.897. The highest BCUT2D eigenvalue weighted by Crippen LogP contribution is 1.92. The Balaban J connectivity index is 4.58. The summed E-state index contributed by atoms with van der Waals surface area (Å²) < 4.78 is 0. The summed E-state index contributed by atoms with van der Waals surface area (Å²) >= 11 is 0. The topological polar surface area (TPSA) is 123 Å². The molecule has 0 unspecified atom stereocenters. The summed E-state index contributed by atoms with van der Waals surface area (Å²) in [6, 6.07) is 0. The Morgan fingerprint density at radius 3 is 2.57 bits per heavy atom. The molecule has 78 valence electrons. The van der Waals surface area contributed by atoms with Gasteiger partial charge in [-0.05, 0) is 4.92 Å². The molecule has 14 heavy (non-hydrogen) atoms. The van der Waals surface area contributed by atoms with Crippen molar-refractivity contribution in [2.45, 2.75) is 0 Å². The molecule has 0 fully saturated rings. The van der Waals surface area contributed by atoms with Crippen molar-refractivity contribution < 1.29 is 14.6 Å². The second kappa shape index (κ2) is 4.92. The Kier molecular flexibility index (Phi) is 4.23. The number of amides is 1. The van der Waals surface area contributed by atoms with E-state index in [1.165, 1.54) is 14.2 Å². The Hall–Kier alpha value is -1.96. The van der Waals surface area contributed by atoms with E-state index in [4.69, 9.17) is 11.1 Å². The lowest BCUT2D eigenvalue weighted by Crippen LogP contribution is -2.31. The van der Waals surface area contributed by atoms with E-state index in [2.05, 4.69) is 4.84 Å². The first-order valence-corrected chi connectivity index (χ1v) is 3.42. The maximum Gasteiger partial charge on any atom is 0.316 e. The molecule has 1 amide bonds. The summed E-state index contributed by atoms with van der Waals surface area (Å²) in [5, 5.41) is 17.9. The molecule has 0 aliphatic heterocycles. The molecule has 0 spiro atoms. The van der Waals surface area contributed by atoms with Crippen LogP contribution in [0.3, 0.4) is 0 Å². The molecular formula is C6H10N4O4. The number of nitro groups is 1. The van der Waals surface area contributed by atoms with Crippen molar-refractivity contribution in [2.75, 3.05) is 14.2 Å². The number of carbonyl (C=O) groups excluding carboxylic acids is 1. The summed E-state index contributed by atoms with van der Waals surface area (Å²) in [5.41, 5.74) is 4.28. The van der Waals surface area contributed by atoms with Crippen LogP contribution in [-0.4, -0.2) is 35.8 Å². The molecule has 0 atom stereocenters. The van der Waals surface area contributed by atoms with Crippen LogP contribution in [0.25, 0.3) is 0 Å². The molecule has 0 aromatic rings. The third kappa shape index (κ3) is 3.19. The molecule has 0 aliphatic rings. The van der Waals surface area contributed by atoms with Crippen molar-refractivity contribution in [3.05, 3.63) is 22.0 Å². The predicted molar refractivity (Wildman–Crippen MR) is 46.8 cm³/mol. The summed E-state index contributed by atoms with van der Waals surface area (Å²) in [6.45, 7) is 0. The van der Waals surface area contributed by atoms with E-state index >= 15 is 0 Å². The molecule has 3 N–H and O–H groups in total. The third-order valence-corrected chi connectivity index (χ3v) is 1.29. The van der Waals surface area contributed by atoms with Gasteiger partial charge in [0.1, 0.15) is 5.71 Å². The standard InChI is InChI=1S/C6H10N4O4/c1-9(14-2)6(11)4(7)3-5(8)10(12)13/h3,7H,8H2,1-2H3/b5-3+,7-4?. The minimum absolute atomic E-state index is 0.622. The summed E-state index contributed by atoms with van der Waals surface area (Å²) in [7, 11) is 2.50. The quantitative estimate of drug-likeness (QED) is 0.347. The van der Waals surface area contributed by atoms with Gasteiger partial charge in [-0.3, -0.25) is 20.8 Å². The van der Waals surface area contributed by atoms with Gasteiger partial charge in [-0.25, -0.2) is 5.06 Å². The normalized spacial score (nSPS) is 10.9. The van der Waals surface area contributed by atoms with Crippen LogP contribution in [0.15, 0.2) is 11.9 Å². The molecule has 0 aliphatic carbocycles. The largest absolute Gasteiger partial charge is 0.358 e. The molecule has 0 radical (unpaired) electrons. The molecule has 0 saturated heterocycles. The lowest BCUT2D eigenvalue weighted by molar-refractivity contribution is -0.426. The fraction of sp³-hybridized carbons (Fsp3) is 0.333. The van der Waals surface area contributed by atoms with Crippen LogP contribution in [0.2, 0.25) is 0 Å². The Bertz CT molecular complexity index is 298. The van der Waals surface area contributed by atoms with Crippen LogP contribution in [0, 0.1) is 15.5 Å². The second-order valence-corrected chi connectivity index (χ2v) is 2.23. The van der Waals surface area contributed by atoms with Gasteiger partial charge in [-0.2, -0.15) is 0 Å². The van der Waals surface area contributed by atoms with Crippen LogP contribution >= 0.6 is 0 Å². The minimum atomic E-state index is -0.894. The Labute approximate surface area is 79.5 Å². The number of rotatable bonds is 4. The first-order chi connectivity index (χ1) is 6.40. The van der Waals surface area contributed by atoms with Crippen LogP contribution in [-0.2, 0) is 9.63 Å². The van der Waals surface area contributed by atoms with Gasteiger partial charge in [-0.1, -0.05) is 0 Å². The van der Waals surface area contributed by atoms with E-state index in [-0.39, 0.29) is 0 Å². The number of nitrogens with zero attached hydrogens (tertiary/aromatic N) is 2. The van der Waals surface area contributed by atoms with E-state index in [9.17, 15) is 14.9 Å².